The summed E-state index contributed by atoms with van der Waals surface area (Å²) in [5.74, 6) is 0.0752. The number of rotatable bonds is 2. The van der Waals surface area contributed by atoms with Crippen LogP contribution in [-0.2, 0) is 15.9 Å². The van der Waals surface area contributed by atoms with E-state index >= 15 is 0 Å². The van der Waals surface area contributed by atoms with Gasteiger partial charge >= 0.3 is 6.09 Å². The van der Waals surface area contributed by atoms with Gasteiger partial charge in [-0.2, -0.15) is 0 Å². The summed E-state index contributed by atoms with van der Waals surface area (Å²) in [5, 5.41) is 0. The van der Waals surface area contributed by atoms with Crippen molar-refractivity contribution in [2.24, 2.45) is 0 Å². The van der Waals surface area contributed by atoms with Crippen LogP contribution in [0.25, 0.3) is 11.1 Å². The van der Waals surface area contributed by atoms with Crippen molar-refractivity contribution >= 4 is 17.4 Å². The first-order valence-corrected chi connectivity index (χ1v) is 10.8. The quantitative estimate of drug-likeness (QED) is 0.636. The summed E-state index contributed by atoms with van der Waals surface area (Å²) in [6.45, 7) is 1.40. The molecule has 0 spiro atoms. The lowest BCUT2D eigenvalue weighted by molar-refractivity contribution is -0.0516. The van der Waals surface area contributed by atoms with Crippen molar-refractivity contribution in [2.45, 2.75) is 24.4 Å². The fraction of sp³-hybridized carbons (Fsp3) is 0.304. The van der Waals surface area contributed by atoms with E-state index in [4.69, 9.17) is 9.47 Å². The summed E-state index contributed by atoms with van der Waals surface area (Å²) in [6.07, 6.45) is 0.490. The van der Waals surface area contributed by atoms with Crippen molar-refractivity contribution in [2.75, 3.05) is 19.8 Å². The second-order valence-corrected chi connectivity index (χ2v) is 8.67. The largest absolute Gasteiger partial charge is 0.448 e. The summed E-state index contributed by atoms with van der Waals surface area (Å²) in [5.41, 5.74) is 7.91. The van der Waals surface area contributed by atoms with Gasteiger partial charge in [-0.3, -0.25) is 4.90 Å². The Morgan fingerprint density at radius 2 is 1.83 bits per heavy atom. The lowest BCUT2D eigenvalue weighted by atomic mass is 9.97. The molecule has 2 aromatic carbocycles. The van der Waals surface area contributed by atoms with Crippen molar-refractivity contribution in [3.8, 4) is 11.1 Å². The number of carbonyl (C=O) groups excluding carboxylic acids is 1. The number of benzene rings is 2. The van der Waals surface area contributed by atoms with Gasteiger partial charge in [-0.15, -0.1) is 11.3 Å². The third-order valence-corrected chi connectivity index (χ3v) is 7.24. The summed E-state index contributed by atoms with van der Waals surface area (Å²) in [4.78, 5) is 20.7. The van der Waals surface area contributed by atoms with E-state index in [0.29, 0.717) is 19.8 Å². The molecule has 3 aliphatic rings. The molecular formula is C23H20N2O3S. The lowest BCUT2D eigenvalue weighted by Gasteiger charge is -2.44. The molecule has 29 heavy (non-hydrogen) atoms. The molecule has 1 aromatic heterocycles. The Kier molecular flexibility index (Phi) is 3.96. The number of fused-ring (bicyclic) bond motifs is 7. The van der Waals surface area contributed by atoms with Crippen molar-refractivity contribution in [1.82, 2.24) is 9.88 Å². The molecule has 0 radical (unpaired) electrons. The third kappa shape index (κ3) is 2.63. The van der Waals surface area contributed by atoms with E-state index in [1.807, 2.05) is 10.4 Å². The molecule has 1 aliphatic carbocycles. The molecule has 6 rings (SSSR count). The average Bonchev–Trinajstić information content (AvgIpc) is 3.34. The summed E-state index contributed by atoms with van der Waals surface area (Å²) < 4.78 is 11.7. The van der Waals surface area contributed by atoms with Crippen LogP contribution in [0.3, 0.4) is 0 Å². The molecule has 6 heteroatoms. The summed E-state index contributed by atoms with van der Waals surface area (Å²) >= 11 is 1.60. The van der Waals surface area contributed by atoms with Crippen molar-refractivity contribution in [1.29, 1.82) is 0 Å². The zero-order valence-corrected chi connectivity index (χ0v) is 16.6. The smallest absolute Gasteiger partial charge is 0.410 e. The van der Waals surface area contributed by atoms with Crippen LogP contribution in [0.4, 0.5) is 4.79 Å². The fourth-order valence-corrected chi connectivity index (χ4v) is 5.86. The van der Waals surface area contributed by atoms with Gasteiger partial charge in [0.05, 0.1) is 41.4 Å². The molecule has 2 bridgehead atoms. The molecule has 5 nitrogen and oxygen atoms in total. The SMILES string of the molecule is O=C(OCC1c2ccccc2-c2ccccc21)N1C2COCC1c1scnc1C2. The molecule has 0 saturated carbocycles. The highest BCUT2D eigenvalue weighted by atomic mass is 32.1. The molecule has 0 N–H and O–H groups in total. The van der Waals surface area contributed by atoms with Crippen molar-refractivity contribution < 1.29 is 14.3 Å². The number of carbonyl (C=O) groups is 1. The number of morpholine rings is 1. The molecule has 2 aliphatic heterocycles. The minimum atomic E-state index is -0.246. The molecule has 1 fully saturated rings. The van der Waals surface area contributed by atoms with Crippen LogP contribution >= 0.6 is 11.3 Å². The Bertz CT molecular complexity index is 1050. The zero-order valence-electron chi connectivity index (χ0n) is 15.8. The first-order valence-electron chi connectivity index (χ1n) is 9.94. The highest BCUT2D eigenvalue weighted by molar-refractivity contribution is 7.09. The van der Waals surface area contributed by atoms with Gasteiger partial charge in [-0.25, -0.2) is 9.78 Å². The number of ether oxygens (including phenoxy) is 2. The number of aromatic nitrogens is 1. The highest BCUT2D eigenvalue weighted by Crippen LogP contribution is 2.45. The van der Waals surface area contributed by atoms with Crippen LogP contribution in [0, 0.1) is 0 Å². The minimum Gasteiger partial charge on any atom is -0.448 e. The van der Waals surface area contributed by atoms with Crippen LogP contribution in [0.1, 0.15) is 33.7 Å². The molecule has 146 valence electrons. The summed E-state index contributed by atoms with van der Waals surface area (Å²) in [7, 11) is 0. The van der Waals surface area contributed by atoms with Crippen molar-refractivity contribution in [3.63, 3.8) is 0 Å². The van der Waals surface area contributed by atoms with Gasteiger partial charge in [0.1, 0.15) is 6.61 Å². The third-order valence-electron chi connectivity index (χ3n) is 6.27. The van der Waals surface area contributed by atoms with Crippen LogP contribution in [-0.4, -0.2) is 41.8 Å². The van der Waals surface area contributed by atoms with E-state index < -0.39 is 0 Å². The molecule has 2 atom stereocenters. The Morgan fingerprint density at radius 1 is 1.10 bits per heavy atom. The Hall–Kier alpha value is -2.70. The topological polar surface area (TPSA) is 51.7 Å². The van der Waals surface area contributed by atoms with Crippen molar-refractivity contribution in [3.05, 3.63) is 75.7 Å². The van der Waals surface area contributed by atoms with Crippen LogP contribution in [0.15, 0.2) is 54.0 Å². The second kappa shape index (κ2) is 6.68. The Labute approximate surface area is 172 Å². The fourth-order valence-electron chi connectivity index (χ4n) is 4.96. The first-order chi connectivity index (χ1) is 14.3. The van der Waals surface area contributed by atoms with E-state index in [9.17, 15) is 4.79 Å². The van der Waals surface area contributed by atoms with Gasteiger partial charge in [0, 0.05) is 12.3 Å². The molecule has 3 heterocycles. The zero-order chi connectivity index (χ0) is 19.4. The van der Waals surface area contributed by atoms with Crippen LogP contribution in [0.5, 0.6) is 0 Å². The van der Waals surface area contributed by atoms with Gasteiger partial charge in [-0.05, 0) is 22.3 Å². The lowest BCUT2D eigenvalue weighted by Crippen LogP contribution is -2.54. The molecule has 1 amide bonds. The van der Waals surface area contributed by atoms with E-state index in [2.05, 4.69) is 53.5 Å². The second-order valence-electron chi connectivity index (χ2n) is 7.79. The normalized spacial score (nSPS) is 22.0. The van der Waals surface area contributed by atoms with Crippen LogP contribution < -0.4 is 0 Å². The first kappa shape index (κ1) is 17.2. The maximum absolute atomic E-state index is 13.2. The molecule has 2 unspecified atom stereocenters. The van der Waals surface area contributed by atoms with Gasteiger partial charge in [-0.1, -0.05) is 48.5 Å². The van der Waals surface area contributed by atoms with Gasteiger partial charge in [0.2, 0.25) is 0 Å². The number of thiazole rings is 1. The number of nitrogens with zero attached hydrogens (tertiary/aromatic N) is 2. The molecular weight excluding hydrogens is 384 g/mol. The number of hydrogen-bond donors (Lipinski definition) is 0. The van der Waals surface area contributed by atoms with E-state index in [1.54, 1.807) is 11.3 Å². The average molecular weight is 404 g/mol. The van der Waals surface area contributed by atoms with E-state index in [-0.39, 0.29) is 24.1 Å². The Balaban J connectivity index is 1.26. The van der Waals surface area contributed by atoms with Gasteiger partial charge in [0.15, 0.2) is 0 Å². The highest BCUT2D eigenvalue weighted by Gasteiger charge is 2.43. The van der Waals surface area contributed by atoms with E-state index in [0.717, 1.165) is 17.0 Å². The maximum Gasteiger partial charge on any atom is 0.410 e. The minimum absolute atomic E-state index is 0.000925. The number of hydrogen-bond acceptors (Lipinski definition) is 5. The predicted octanol–water partition coefficient (Wildman–Crippen LogP) is 4.39. The van der Waals surface area contributed by atoms with Gasteiger partial charge < -0.3 is 9.47 Å². The summed E-state index contributed by atoms with van der Waals surface area (Å²) in [6, 6.07) is 16.7. The molecule has 1 saturated heterocycles. The standard InChI is InChI=1S/C23H20N2O3S/c26-23(25-14-9-20-22(29-13-24-20)21(25)12-27-10-14)28-11-19-17-7-3-1-5-15(17)16-6-2-4-8-18(16)19/h1-8,13-14,19,21H,9-12H2. The number of amides is 1. The predicted molar refractivity (Wildman–Crippen MR) is 110 cm³/mol. The van der Waals surface area contributed by atoms with E-state index in [1.165, 1.54) is 22.3 Å². The molecule has 3 aromatic rings. The Morgan fingerprint density at radius 3 is 2.59 bits per heavy atom. The van der Waals surface area contributed by atoms with Crippen LogP contribution in [0.2, 0.25) is 0 Å². The van der Waals surface area contributed by atoms with Gasteiger partial charge in [0.25, 0.3) is 0 Å². The monoisotopic (exact) mass is 404 g/mol. The maximum atomic E-state index is 13.2.